The second-order valence-electron chi connectivity index (χ2n) is 5.81. The quantitative estimate of drug-likeness (QED) is 0.774. The van der Waals surface area contributed by atoms with E-state index in [0.29, 0.717) is 0 Å². The number of aryl methyl sites for hydroxylation is 1. The molecule has 2 nitrogen and oxygen atoms in total. The molecule has 1 aliphatic carbocycles. The van der Waals surface area contributed by atoms with E-state index >= 15 is 0 Å². The third-order valence-corrected chi connectivity index (χ3v) is 4.20. The van der Waals surface area contributed by atoms with E-state index < -0.39 is 0 Å². The van der Waals surface area contributed by atoms with Crippen molar-refractivity contribution < 1.29 is 0 Å². The molecule has 0 bridgehead atoms. The summed E-state index contributed by atoms with van der Waals surface area (Å²) in [6, 6.07) is 7.14. The van der Waals surface area contributed by atoms with E-state index in [9.17, 15) is 0 Å². The first-order valence-electron chi connectivity index (χ1n) is 7.38. The van der Waals surface area contributed by atoms with Crippen molar-refractivity contribution in [2.75, 3.05) is 31.6 Å². The zero-order valence-corrected chi connectivity index (χ0v) is 11.4. The number of hydrogen-bond acceptors (Lipinski definition) is 2. The Morgan fingerprint density at radius 2 is 2.22 bits per heavy atom. The maximum Gasteiger partial charge on any atom is 0.0399 e. The lowest BCUT2D eigenvalue weighted by Crippen LogP contribution is -2.22. The molecule has 3 rings (SSSR count). The van der Waals surface area contributed by atoms with Crippen LogP contribution >= 0.6 is 0 Å². The molecule has 1 heterocycles. The van der Waals surface area contributed by atoms with Gasteiger partial charge in [-0.25, -0.2) is 0 Å². The molecule has 2 aliphatic rings. The van der Waals surface area contributed by atoms with Crippen LogP contribution in [0.4, 0.5) is 5.69 Å². The average molecular weight is 244 g/mol. The van der Waals surface area contributed by atoms with Crippen LogP contribution in [0.5, 0.6) is 0 Å². The summed E-state index contributed by atoms with van der Waals surface area (Å²) >= 11 is 0. The first kappa shape index (κ1) is 12.0. The fourth-order valence-corrected chi connectivity index (χ4v) is 2.95. The Labute approximate surface area is 110 Å². The molecule has 0 amide bonds. The molecule has 98 valence electrons. The second kappa shape index (κ2) is 5.31. The highest BCUT2D eigenvalue weighted by Gasteiger charge is 2.27. The van der Waals surface area contributed by atoms with Crippen molar-refractivity contribution in [3.63, 3.8) is 0 Å². The number of nitrogens with zero attached hydrogens (tertiary/aromatic N) is 1. The minimum atomic E-state index is 0.992. The fourth-order valence-electron chi connectivity index (χ4n) is 2.95. The van der Waals surface area contributed by atoms with Crippen LogP contribution in [0, 0.1) is 5.92 Å². The Balaban J connectivity index is 1.64. The van der Waals surface area contributed by atoms with Crippen LogP contribution in [0.1, 0.15) is 30.4 Å². The number of fused-ring (bicyclic) bond motifs is 1. The Hall–Kier alpha value is -1.02. The molecule has 2 heteroatoms. The Bertz CT molecular complexity index is 410. The summed E-state index contributed by atoms with van der Waals surface area (Å²) in [4.78, 5) is 2.60. The molecule has 1 aromatic rings. The van der Waals surface area contributed by atoms with Crippen molar-refractivity contribution in [1.29, 1.82) is 0 Å². The molecular formula is C16H24N2. The molecule has 0 saturated heterocycles. The van der Waals surface area contributed by atoms with Crippen LogP contribution in [0.25, 0.3) is 0 Å². The number of rotatable bonds is 6. The second-order valence-corrected chi connectivity index (χ2v) is 5.81. The molecule has 0 atom stereocenters. The summed E-state index contributed by atoms with van der Waals surface area (Å²) in [5.41, 5.74) is 4.61. The number of nitrogens with one attached hydrogen (secondary N) is 1. The molecule has 1 aromatic carbocycles. The van der Waals surface area contributed by atoms with Gasteiger partial charge in [-0.3, -0.25) is 0 Å². The van der Waals surface area contributed by atoms with Gasteiger partial charge in [0.25, 0.3) is 0 Å². The van der Waals surface area contributed by atoms with E-state index in [1.165, 1.54) is 56.4 Å². The Kier molecular flexibility index (Phi) is 3.55. The number of anilines is 1. The molecule has 0 aromatic heterocycles. The SMILES string of the molecule is CNCCCc1ccc2c(c1)CCN2CC1CC1. The highest BCUT2D eigenvalue weighted by atomic mass is 15.2. The van der Waals surface area contributed by atoms with Gasteiger partial charge in [0, 0.05) is 18.8 Å². The molecule has 1 saturated carbocycles. The zero-order valence-electron chi connectivity index (χ0n) is 11.4. The Morgan fingerprint density at radius 3 is 3.00 bits per heavy atom. The van der Waals surface area contributed by atoms with Crippen molar-refractivity contribution in [3.8, 4) is 0 Å². The summed E-state index contributed by atoms with van der Waals surface area (Å²) in [6.07, 6.45) is 6.60. The monoisotopic (exact) mass is 244 g/mol. The molecule has 0 unspecified atom stereocenters. The van der Waals surface area contributed by atoms with E-state index in [-0.39, 0.29) is 0 Å². The van der Waals surface area contributed by atoms with Crippen LogP contribution in [0.15, 0.2) is 18.2 Å². The molecule has 1 fully saturated rings. The van der Waals surface area contributed by atoms with Crippen molar-refractivity contribution >= 4 is 5.69 Å². The lowest BCUT2D eigenvalue weighted by molar-refractivity contribution is 0.724. The fraction of sp³-hybridized carbons (Fsp3) is 0.625. The van der Waals surface area contributed by atoms with E-state index in [1.54, 1.807) is 5.56 Å². The van der Waals surface area contributed by atoms with Crippen molar-refractivity contribution in [3.05, 3.63) is 29.3 Å². The van der Waals surface area contributed by atoms with Gasteiger partial charge < -0.3 is 10.2 Å². The normalized spacial score (nSPS) is 18.2. The predicted octanol–water partition coefficient (Wildman–Crippen LogP) is 2.61. The lowest BCUT2D eigenvalue weighted by atomic mass is 10.0. The number of benzene rings is 1. The van der Waals surface area contributed by atoms with Crippen LogP contribution in [-0.4, -0.2) is 26.7 Å². The van der Waals surface area contributed by atoms with Crippen LogP contribution in [-0.2, 0) is 12.8 Å². The standard InChI is InChI=1S/C16H24N2/c1-17-9-2-3-13-6-7-16-15(11-13)8-10-18(16)12-14-4-5-14/h6-7,11,14,17H,2-5,8-10,12H2,1H3. The minimum Gasteiger partial charge on any atom is -0.371 e. The summed E-state index contributed by atoms with van der Waals surface area (Å²) in [7, 11) is 2.03. The van der Waals surface area contributed by atoms with E-state index in [4.69, 9.17) is 0 Å². The summed E-state index contributed by atoms with van der Waals surface area (Å²) in [5, 5.41) is 3.22. The molecule has 1 N–H and O–H groups in total. The topological polar surface area (TPSA) is 15.3 Å². The highest BCUT2D eigenvalue weighted by molar-refractivity contribution is 5.59. The van der Waals surface area contributed by atoms with Gasteiger partial charge in [-0.15, -0.1) is 0 Å². The smallest absolute Gasteiger partial charge is 0.0399 e. The third kappa shape index (κ3) is 2.69. The summed E-state index contributed by atoms with van der Waals surface area (Å²) in [5.74, 6) is 0.992. The van der Waals surface area contributed by atoms with Gasteiger partial charge >= 0.3 is 0 Å². The summed E-state index contributed by atoms with van der Waals surface area (Å²) < 4.78 is 0. The van der Waals surface area contributed by atoms with Crippen LogP contribution in [0.3, 0.4) is 0 Å². The zero-order chi connectivity index (χ0) is 12.4. The van der Waals surface area contributed by atoms with E-state index in [0.717, 1.165) is 12.5 Å². The van der Waals surface area contributed by atoms with Gasteiger partial charge in [0.05, 0.1) is 0 Å². The van der Waals surface area contributed by atoms with Crippen molar-refractivity contribution in [1.82, 2.24) is 5.32 Å². The van der Waals surface area contributed by atoms with Gasteiger partial charge in [-0.2, -0.15) is 0 Å². The van der Waals surface area contributed by atoms with Gasteiger partial charge in [-0.1, -0.05) is 12.1 Å². The van der Waals surface area contributed by atoms with Crippen LogP contribution < -0.4 is 10.2 Å². The maximum atomic E-state index is 3.22. The first-order chi connectivity index (χ1) is 8.86. The van der Waals surface area contributed by atoms with Crippen LogP contribution in [0.2, 0.25) is 0 Å². The minimum absolute atomic E-state index is 0.992. The number of hydrogen-bond donors (Lipinski definition) is 1. The molecule has 1 aliphatic heterocycles. The van der Waals surface area contributed by atoms with Gasteiger partial charge in [0.15, 0.2) is 0 Å². The average Bonchev–Trinajstić information content (AvgIpc) is 3.11. The molecule has 0 radical (unpaired) electrons. The largest absolute Gasteiger partial charge is 0.371 e. The van der Waals surface area contributed by atoms with Crippen molar-refractivity contribution in [2.45, 2.75) is 32.1 Å². The molecule has 0 spiro atoms. The maximum absolute atomic E-state index is 3.22. The van der Waals surface area contributed by atoms with Crippen molar-refractivity contribution in [2.24, 2.45) is 5.92 Å². The first-order valence-corrected chi connectivity index (χ1v) is 7.38. The van der Waals surface area contributed by atoms with E-state index in [2.05, 4.69) is 28.4 Å². The third-order valence-electron chi connectivity index (χ3n) is 4.20. The molecule has 18 heavy (non-hydrogen) atoms. The van der Waals surface area contributed by atoms with E-state index in [1.807, 2.05) is 7.05 Å². The highest BCUT2D eigenvalue weighted by Crippen LogP contribution is 2.35. The van der Waals surface area contributed by atoms with Gasteiger partial charge in [-0.05, 0) is 68.8 Å². The molecular weight excluding hydrogens is 220 g/mol. The van der Waals surface area contributed by atoms with Gasteiger partial charge in [0.1, 0.15) is 0 Å². The Morgan fingerprint density at radius 1 is 1.33 bits per heavy atom. The summed E-state index contributed by atoms with van der Waals surface area (Å²) in [6.45, 7) is 3.66. The lowest BCUT2D eigenvalue weighted by Gasteiger charge is -2.19. The predicted molar refractivity (Wildman–Crippen MR) is 77.3 cm³/mol. The van der Waals surface area contributed by atoms with Gasteiger partial charge in [0.2, 0.25) is 0 Å².